The molecule has 11 aromatic heterocycles. The van der Waals surface area contributed by atoms with Crippen molar-refractivity contribution in [2.45, 2.75) is 45.9 Å². The number of aromatic amines is 2. The van der Waals surface area contributed by atoms with E-state index < -0.39 is 45.9 Å². The fraction of sp³-hybridized carbons (Fsp3) is 0.136. The number of H-pyrrole nitrogens is 2. The van der Waals surface area contributed by atoms with Gasteiger partial charge in [-0.1, -0.05) is 101 Å². The molecule has 129 heavy (non-hydrogen) atoms. The quantitative estimate of drug-likeness (QED) is 0.0132. The van der Waals surface area contributed by atoms with E-state index in [-0.39, 0.29) is 131 Å². The van der Waals surface area contributed by atoms with Crippen LogP contribution in [0.3, 0.4) is 0 Å². The zero-order valence-corrected chi connectivity index (χ0v) is 77.6. The molecule has 4 amide bonds. The fourth-order valence-corrected chi connectivity index (χ4v) is 13.1. The molecule has 15 aromatic rings. The summed E-state index contributed by atoms with van der Waals surface area (Å²) in [5.41, 5.74) is 10.7. The van der Waals surface area contributed by atoms with Crippen molar-refractivity contribution in [3.05, 3.63) is 360 Å². The molecule has 1 radical (unpaired) electrons. The molecule has 0 saturated heterocycles. The van der Waals surface area contributed by atoms with Gasteiger partial charge in [-0.05, 0) is 171 Å². The fourth-order valence-electron chi connectivity index (χ4n) is 11.8. The maximum Gasteiger partial charge on any atom is 0.343 e. The van der Waals surface area contributed by atoms with Crippen LogP contribution in [-0.2, 0) is 84.1 Å². The number of pyridine rings is 11. The smallest absolute Gasteiger partial charge is 0.343 e. The molecule has 13 N–H and O–H groups in total. The Kier molecular flexibility index (Phi) is 36.9. The molecule has 0 aliphatic carbocycles. The minimum Gasteiger partial charge on any atom is -0.662 e. The molecule has 659 valence electrons. The van der Waals surface area contributed by atoms with Crippen molar-refractivity contribution in [3.8, 4) is 11.8 Å². The molecule has 0 unspecified atom stereocenters. The number of nitrogens with two attached hydrogens (primary N) is 1. The summed E-state index contributed by atoms with van der Waals surface area (Å²) in [7, 11) is 3.51. The largest absolute Gasteiger partial charge is 0.662 e. The molecule has 0 saturated carbocycles. The van der Waals surface area contributed by atoms with Gasteiger partial charge in [0.05, 0.1) is 51.8 Å². The molecule has 0 spiro atoms. The third-order valence-corrected chi connectivity index (χ3v) is 20.7. The number of benzene rings is 4. The van der Waals surface area contributed by atoms with Gasteiger partial charge in [-0.25, -0.2) is 9.78 Å². The Morgan fingerprint density at radius 3 is 1.36 bits per heavy atom. The molecule has 0 fully saturated rings. The number of esters is 1. The Bertz CT molecular complexity index is 7090. The molecular weight excluding hydrogens is 1950 g/mol. The van der Waals surface area contributed by atoms with Gasteiger partial charge in [0, 0.05) is 180 Å². The molecule has 0 aliphatic heterocycles. The van der Waals surface area contributed by atoms with Gasteiger partial charge in [0.2, 0.25) is 40.3 Å². The summed E-state index contributed by atoms with van der Waals surface area (Å²) in [5, 5.41) is 60.5. The summed E-state index contributed by atoms with van der Waals surface area (Å²) in [6, 6.07) is 38.8. The van der Waals surface area contributed by atoms with Crippen LogP contribution in [0.5, 0.6) is 0 Å². The summed E-state index contributed by atoms with van der Waals surface area (Å²) in [6.45, 7) is 2.74. The molecule has 15 rings (SSSR count). The number of aliphatic hydroxyl groups is 2. The number of ether oxygens (including phenoxy) is 1. The van der Waals surface area contributed by atoms with Crippen molar-refractivity contribution in [1.29, 1.82) is 0 Å². The van der Waals surface area contributed by atoms with Gasteiger partial charge in [-0.2, -0.15) is 6.20 Å². The average Bonchev–Trinajstić information content (AvgIpc) is 0.797. The van der Waals surface area contributed by atoms with Gasteiger partial charge < -0.3 is 66.0 Å². The van der Waals surface area contributed by atoms with Crippen LogP contribution >= 0.6 is 97.1 Å². The number of nitrogen functional groups attached to an aromatic ring is 1. The van der Waals surface area contributed by atoms with E-state index >= 15 is 0 Å². The first-order valence-corrected chi connectivity index (χ1v) is 41.3. The Balaban J connectivity index is 0.000000178. The summed E-state index contributed by atoms with van der Waals surface area (Å²) in [4.78, 5) is 146. The number of carbonyl (C=O) groups is 5. The molecule has 41 heteroatoms. The topological polar surface area (TPSA) is 461 Å². The standard InChI is InChI=1S/C20H20ClN3O3.C20H16ClN3O3.C16H11BrClN3O2.C16H11Cl2N3O3.C11H9ClN2O4.C5H6ClN2O.Y/c2*1-24-12-17(20(27)23-10-13-4-6-14(21)7-5-13)19(26)16-9-15(3-2-8-25)22-11-18(16)24;17-14-5-11-13(8-20-14)19-7-12(15(11)22)16(23)21-6-9-1-3-10(18)4-2-9;17-10-3-1-9(2-4-10)6-20-16(23)12-7-19-13-8-21(24)14(18)5-11(13)15(12)22;1-2-18-11(16)7-4-13-8-5-14(17)9(12)3-6(8)10(7)15;6-5-2-1-4(7)3-8(5)9;/h4-7,9,11-12,25H,2-3,8,10H2,1H3,(H,23,27);4-7,9,11-12,25H,8,10H2,1H3,(H,23,27);1-5,7-8H,6H2,(H2,19,21,22,23);1-5,7-8H,6H2,(H2-,19,20,22,23,24);3-5H,2H2,1H3,(H-,13,15,16,17);1-3,9H,7H2;/q;;;;;+1;/p+1. The second-order valence-electron chi connectivity index (χ2n) is 27.2. The van der Waals surface area contributed by atoms with Crippen molar-refractivity contribution >= 4 is 187 Å². The molecule has 11 heterocycles. The second kappa shape index (κ2) is 47.5. The van der Waals surface area contributed by atoms with Crippen LogP contribution in [0.4, 0.5) is 5.69 Å². The Hall–Kier alpha value is -12.5. The summed E-state index contributed by atoms with van der Waals surface area (Å²) >= 11 is 43.5. The van der Waals surface area contributed by atoms with Crippen LogP contribution in [0.25, 0.3) is 54.5 Å². The van der Waals surface area contributed by atoms with Crippen molar-refractivity contribution in [1.82, 2.24) is 60.3 Å². The van der Waals surface area contributed by atoms with Gasteiger partial charge in [-0.15, -0.1) is 5.52 Å². The zero-order chi connectivity index (χ0) is 92.6. The van der Waals surface area contributed by atoms with Gasteiger partial charge in [0.1, 0.15) is 55.9 Å². The van der Waals surface area contributed by atoms with Gasteiger partial charge in [-0.3, -0.25) is 68.7 Å². The number of aliphatic hydroxyl groups excluding tert-OH is 2. The summed E-state index contributed by atoms with van der Waals surface area (Å²) in [5.74, 6) is 2.58. The van der Waals surface area contributed by atoms with E-state index in [0.717, 1.165) is 27.0 Å². The first-order chi connectivity index (χ1) is 61.2. The zero-order valence-electron chi connectivity index (χ0n) is 67.9. The first kappa shape index (κ1) is 100. The third-order valence-electron chi connectivity index (χ3n) is 18.4. The van der Waals surface area contributed by atoms with E-state index in [1.807, 2.05) is 24.3 Å². The van der Waals surface area contributed by atoms with E-state index in [2.05, 4.69) is 78.9 Å². The van der Waals surface area contributed by atoms with E-state index in [1.54, 1.807) is 127 Å². The van der Waals surface area contributed by atoms with Gasteiger partial charge in [0.15, 0.2) is 5.43 Å². The summed E-state index contributed by atoms with van der Waals surface area (Å²) < 4.78 is 10.8. The van der Waals surface area contributed by atoms with E-state index in [4.69, 9.17) is 107 Å². The van der Waals surface area contributed by atoms with Crippen molar-refractivity contribution in [2.24, 2.45) is 14.1 Å². The summed E-state index contributed by atoms with van der Waals surface area (Å²) in [6.07, 6.45) is 16.4. The van der Waals surface area contributed by atoms with Crippen molar-refractivity contribution in [3.63, 3.8) is 0 Å². The minimum absolute atomic E-state index is 0. The second-order valence-corrected chi connectivity index (χ2v) is 31.0. The number of halogens is 8. The molecule has 0 aliphatic rings. The van der Waals surface area contributed by atoms with Crippen LogP contribution in [0.1, 0.15) is 98.8 Å². The van der Waals surface area contributed by atoms with Crippen LogP contribution in [0.2, 0.25) is 35.5 Å². The van der Waals surface area contributed by atoms with E-state index in [0.29, 0.717) is 121 Å². The number of carbonyl (C=O) groups excluding carboxylic acids is 5. The number of amides is 4. The number of aromatic nitrogens is 11. The van der Waals surface area contributed by atoms with Crippen molar-refractivity contribution in [2.75, 3.05) is 25.6 Å². The maximum atomic E-state index is 12.8. The monoisotopic (exact) mass is 2020 g/mol. The minimum atomic E-state index is -0.697. The van der Waals surface area contributed by atoms with E-state index in [9.17, 15) is 58.4 Å². The number of rotatable bonds is 17. The van der Waals surface area contributed by atoms with Gasteiger partial charge >= 0.3 is 21.4 Å². The third kappa shape index (κ3) is 27.3. The van der Waals surface area contributed by atoms with Crippen LogP contribution in [0.15, 0.2) is 236 Å². The number of nitrogens with one attached hydrogen (secondary N) is 6. The van der Waals surface area contributed by atoms with E-state index in [1.165, 1.54) is 86.2 Å². The van der Waals surface area contributed by atoms with Crippen LogP contribution in [-0.4, -0.2) is 109 Å². The Morgan fingerprint density at radius 2 is 0.915 bits per heavy atom. The number of hydrogen-bond donors (Lipinski definition) is 12. The maximum absolute atomic E-state index is 12.8. The molecular formula is C88H74BrCl7N16O16Y+2. The number of anilines is 1. The average molecular weight is 2030 g/mol. The number of hydrogen-bond acceptors (Lipinski definition) is 20. The number of nitrogens with zero attached hydrogens (tertiary/aromatic N) is 9. The van der Waals surface area contributed by atoms with Crippen molar-refractivity contribution < 1.29 is 101 Å². The SMILES string of the molecule is CCOC(=O)c1c[nH]c2c[n+](O)c(Cl)cc2c1=O.Cn1cc(C(=O)NCc2ccc(Cl)cc2)c(=O)c2cc(C#CCO)ncc21.Cn1cc(C(=O)NCc2ccc(Cl)cc2)c(=O)c2cc(CCCO)ncc21.Nc1ccc(Cl)[n+](O)c1.O=C(NCc1ccc(Cl)cc1)c1c[n-]c2cnc(Br)cc2c1=O.O=C(NCc1ccc(Cl)cc1)c1c[nH]c2c[n+](O)c(Cl)cc2c1=O.[Y]. The Labute approximate surface area is 799 Å². The molecule has 4 aromatic carbocycles. The van der Waals surface area contributed by atoms with Crippen LogP contribution in [0, 0.1) is 11.8 Å². The normalized spacial score (nSPS) is 10.5. The number of aryl methyl sites for hydroxylation is 3. The Morgan fingerprint density at radius 1 is 0.504 bits per heavy atom. The van der Waals surface area contributed by atoms with Gasteiger partial charge in [0.25, 0.3) is 23.6 Å². The molecule has 0 atom stereocenters. The van der Waals surface area contributed by atoms with Crippen LogP contribution < -0.4 is 73.3 Å². The predicted octanol–water partition coefficient (Wildman–Crippen LogP) is 10.8. The first-order valence-electron chi connectivity index (χ1n) is 37.9. The molecule has 32 nitrogen and oxygen atoms in total. The molecule has 0 bridgehead atoms. The predicted molar refractivity (Wildman–Crippen MR) is 486 cm³/mol. The number of fused-ring (bicyclic) bond motifs is 5.